The average Bonchev–Trinajstić information content (AvgIpc) is 2.64. The lowest BCUT2D eigenvalue weighted by molar-refractivity contribution is -0.137. The molecule has 0 aliphatic heterocycles. The number of Topliss-reactive ketones (excluding diaryl/α,β-unsaturated/α-hetero) is 1. The van der Waals surface area contributed by atoms with E-state index < -0.39 is 11.9 Å². The highest BCUT2D eigenvalue weighted by Crippen LogP contribution is 2.29. The Morgan fingerprint density at radius 2 is 1.89 bits per heavy atom. The third-order valence-electron chi connectivity index (χ3n) is 4.57. The van der Waals surface area contributed by atoms with Crippen LogP contribution in [0.4, 0.5) is 5.69 Å². The first kappa shape index (κ1) is 21.3. The fourth-order valence-corrected chi connectivity index (χ4v) is 3.16. The minimum Gasteiger partial charge on any atom is -0.481 e. The highest BCUT2D eigenvalue weighted by Gasteiger charge is 2.29. The molecule has 6 nitrogen and oxygen atoms in total. The van der Waals surface area contributed by atoms with E-state index in [1.165, 1.54) is 12.5 Å². The van der Waals surface area contributed by atoms with Crippen LogP contribution in [0.5, 0.6) is 0 Å². The lowest BCUT2D eigenvalue weighted by Gasteiger charge is -2.22. The number of fused-ring (bicyclic) bond motifs is 1. The minimum atomic E-state index is -0.948. The van der Waals surface area contributed by atoms with Crippen LogP contribution in [0.3, 0.4) is 0 Å². The second-order valence-electron chi connectivity index (χ2n) is 6.95. The van der Waals surface area contributed by atoms with E-state index in [9.17, 15) is 14.4 Å². The van der Waals surface area contributed by atoms with Crippen LogP contribution in [0.2, 0.25) is 0 Å². The molecular formula is C22H26N2O4. The van der Waals surface area contributed by atoms with Gasteiger partial charge in [0.15, 0.2) is 5.78 Å². The topological polar surface area (TPSA) is 109 Å². The average molecular weight is 382 g/mol. The molecule has 0 saturated heterocycles. The van der Waals surface area contributed by atoms with Crippen molar-refractivity contribution in [2.75, 3.05) is 5.32 Å². The largest absolute Gasteiger partial charge is 0.481 e. The fourth-order valence-electron chi connectivity index (χ4n) is 3.16. The van der Waals surface area contributed by atoms with Crippen LogP contribution >= 0.6 is 0 Å². The normalized spacial score (nSPS) is 16.2. The summed E-state index contributed by atoms with van der Waals surface area (Å²) in [5.74, 6) is -1.66. The Morgan fingerprint density at radius 3 is 2.43 bits per heavy atom. The van der Waals surface area contributed by atoms with Crippen LogP contribution in [-0.4, -0.2) is 22.8 Å². The molecule has 28 heavy (non-hydrogen) atoms. The number of carbonyl (C=O) groups is 3. The van der Waals surface area contributed by atoms with Crippen LogP contribution in [0.15, 0.2) is 48.5 Å². The van der Waals surface area contributed by atoms with Gasteiger partial charge in [0, 0.05) is 30.1 Å². The molecule has 1 amide bonds. The summed E-state index contributed by atoms with van der Waals surface area (Å²) in [4.78, 5) is 33.8. The number of amides is 1. The quantitative estimate of drug-likeness (QED) is 0.749. The van der Waals surface area contributed by atoms with Crippen LogP contribution in [-0.2, 0) is 16.0 Å². The second kappa shape index (κ2) is 9.80. The summed E-state index contributed by atoms with van der Waals surface area (Å²) in [6.45, 7) is 3.41. The lowest BCUT2D eigenvalue weighted by Crippen LogP contribution is -2.25. The maximum atomic E-state index is 12.1. The molecule has 1 unspecified atom stereocenters. The van der Waals surface area contributed by atoms with Gasteiger partial charge in [-0.3, -0.25) is 14.4 Å². The van der Waals surface area contributed by atoms with E-state index in [0.717, 1.165) is 5.56 Å². The van der Waals surface area contributed by atoms with Crippen molar-refractivity contribution in [2.45, 2.75) is 39.2 Å². The van der Waals surface area contributed by atoms with E-state index in [4.69, 9.17) is 10.8 Å². The molecular weight excluding hydrogens is 356 g/mol. The van der Waals surface area contributed by atoms with Gasteiger partial charge in [-0.15, -0.1) is 0 Å². The molecule has 2 atom stereocenters. The summed E-state index contributed by atoms with van der Waals surface area (Å²) in [7, 11) is 0. The number of benzene rings is 2. The molecule has 4 N–H and O–H groups in total. The summed E-state index contributed by atoms with van der Waals surface area (Å²) in [6.07, 6.45) is 1.08. The molecule has 0 spiro atoms. The fraction of sp³-hybridized carbons (Fsp3) is 0.318. The molecule has 3 rings (SSSR count). The standard InChI is InChI=1S/C14H15NO4.C8H11N/c1-8(16)15-11-4-5-12-9(6-11)2-3-10(14(12)19)7-13(17)18;1-7(9)8-5-3-2-4-6-8/h4-6,10H,2-3,7H2,1H3,(H,15,16)(H,17,18);2-7H,9H2,1H3/t;7-/m.1/s1. The SMILES string of the molecule is CC(=O)Nc1ccc2c(c1)CCC(CC(=O)O)C2=O.C[C@@H](N)c1ccccc1. The van der Waals surface area contributed by atoms with Crippen molar-refractivity contribution in [1.82, 2.24) is 0 Å². The number of aryl methyl sites for hydroxylation is 1. The summed E-state index contributed by atoms with van der Waals surface area (Å²) >= 11 is 0. The molecule has 2 aromatic rings. The Labute approximate surface area is 164 Å². The van der Waals surface area contributed by atoms with Crippen molar-refractivity contribution in [3.8, 4) is 0 Å². The van der Waals surface area contributed by atoms with Crippen LogP contribution in [0.25, 0.3) is 0 Å². The molecule has 1 aliphatic carbocycles. The molecule has 0 radical (unpaired) electrons. The molecule has 148 valence electrons. The van der Waals surface area contributed by atoms with Crippen molar-refractivity contribution in [3.05, 3.63) is 65.2 Å². The number of nitrogens with two attached hydrogens (primary N) is 1. The van der Waals surface area contributed by atoms with E-state index >= 15 is 0 Å². The Morgan fingerprint density at radius 1 is 1.21 bits per heavy atom. The number of carboxylic acids is 1. The zero-order valence-electron chi connectivity index (χ0n) is 16.1. The predicted octanol–water partition coefficient (Wildman–Crippen LogP) is 3.57. The summed E-state index contributed by atoms with van der Waals surface area (Å²) < 4.78 is 0. The Kier molecular flexibility index (Phi) is 7.46. The monoisotopic (exact) mass is 382 g/mol. The van der Waals surface area contributed by atoms with Crippen LogP contribution in [0, 0.1) is 5.92 Å². The number of ketones is 1. The highest BCUT2D eigenvalue weighted by atomic mass is 16.4. The number of aliphatic carboxylic acids is 1. The van der Waals surface area contributed by atoms with E-state index in [-0.39, 0.29) is 24.2 Å². The van der Waals surface area contributed by atoms with Gasteiger partial charge in [0.05, 0.1) is 6.42 Å². The van der Waals surface area contributed by atoms with E-state index in [2.05, 4.69) is 5.32 Å². The third kappa shape index (κ3) is 6.03. The number of rotatable bonds is 4. The van der Waals surface area contributed by atoms with Gasteiger partial charge in [0.1, 0.15) is 0 Å². The summed E-state index contributed by atoms with van der Waals surface area (Å²) in [5.41, 5.74) is 8.92. The maximum absolute atomic E-state index is 12.1. The highest BCUT2D eigenvalue weighted by molar-refractivity contribution is 6.02. The Bertz CT molecular complexity index is 847. The number of nitrogens with one attached hydrogen (secondary N) is 1. The van der Waals surface area contributed by atoms with Gasteiger partial charge >= 0.3 is 5.97 Å². The van der Waals surface area contributed by atoms with Gasteiger partial charge in [-0.2, -0.15) is 0 Å². The lowest BCUT2D eigenvalue weighted by atomic mass is 9.81. The minimum absolute atomic E-state index is 0.113. The number of carbonyl (C=O) groups excluding carboxylic acids is 2. The van der Waals surface area contributed by atoms with Crippen molar-refractivity contribution >= 4 is 23.3 Å². The molecule has 0 aromatic heterocycles. The summed E-state index contributed by atoms with van der Waals surface area (Å²) in [5, 5.41) is 11.4. The van der Waals surface area contributed by atoms with Gasteiger partial charge in [-0.1, -0.05) is 30.3 Å². The van der Waals surface area contributed by atoms with Gasteiger partial charge in [-0.25, -0.2) is 0 Å². The first-order valence-electron chi connectivity index (χ1n) is 9.25. The molecule has 1 aliphatic rings. The number of anilines is 1. The Balaban J connectivity index is 0.000000261. The van der Waals surface area contributed by atoms with Crippen LogP contribution in [0.1, 0.15) is 54.2 Å². The molecule has 2 aromatic carbocycles. The van der Waals surface area contributed by atoms with Crippen LogP contribution < -0.4 is 11.1 Å². The molecule has 6 heteroatoms. The zero-order chi connectivity index (χ0) is 20.7. The van der Waals surface area contributed by atoms with Gasteiger partial charge < -0.3 is 16.2 Å². The molecule has 0 saturated carbocycles. The van der Waals surface area contributed by atoms with Crippen molar-refractivity contribution in [3.63, 3.8) is 0 Å². The smallest absolute Gasteiger partial charge is 0.304 e. The maximum Gasteiger partial charge on any atom is 0.304 e. The number of hydrogen-bond donors (Lipinski definition) is 3. The molecule has 0 fully saturated rings. The van der Waals surface area contributed by atoms with Crippen molar-refractivity contribution < 1.29 is 19.5 Å². The van der Waals surface area contributed by atoms with E-state index in [1.54, 1.807) is 18.2 Å². The van der Waals surface area contributed by atoms with Crippen molar-refractivity contribution in [2.24, 2.45) is 11.7 Å². The number of hydrogen-bond acceptors (Lipinski definition) is 4. The predicted molar refractivity (Wildman–Crippen MR) is 108 cm³/mol. The van der Waals surface area contributed by atoms with Gasteiger partial charge in [-0.05, 0) is 49.1 Å². The summed E-state index contributed by atoms with van der Waals surface area (Å²) in [6, 6.07) is 15.3. The first-order chi connectivity index (χ1) is 13.3. The number of carboxylic acid groups (broad SMARTS) is 1. The van der Waals surface area contributed by atoms with Gasteiger partial charge in [0.25, 0.3) is 0 Å². The first-order valence-corrected chi connectivity index (χ1v) is 9.25. The van der Waals surface area contributed by atoms with Gasteiger partial charge in [0.2, 0.25) is 5.91 Å². The third-order valence-corrected chi connectivity index (χ3v) is 4.57. The molecule has 0 bridgehead atoms. The zero-order valence-corrected chi connectivity index (χ0v) is 16.1. The Hall–Kier alpha value is -2.99. The van der Waals surface area contributed by atoms with E-state index in [1.807, 2.05) is 37.3 Å². The second-order valence-corrected chi connectivity index (χ2v) is 6.95. The van der Waals surface area contributed by atoms with Crippen molar-refractivity contribution in [1.29, 1.82) is 0 Å². The van der Waals surface area contributed by atoms with E-state index in [0.29, 0.717) is 24.1 Å². The molecule has 0 heterocycles.